The molecule has 9 heteroatoms. The summed E-state index contributed by atoms with van der Waals surface area (Å²) in [7, 11) is 0. The number of carbonyl (C=O) groups excluding carboxylic acids is 2. The number of carbonyl (C=O) groups is 2. The lowest BCUT2D eigenvalue weighted by atomic mass is 10.2. The highest BCUT2D eigenvalue weighted by molar-refractivity contribution is 6.41. The zero-order valence-electron chi connectivity index (χ0n) is 11.7. The Kier molecular flexibility index (Phi) is 5.21. The molecule has 0 fully saturated rings. The molecule has 1 aromatic carbocycles. The van der Waals surface area contributed by atoms with Gasteiger partial charge in [-0.3, -0.25) is 24.7 Å². The van der Waals surface area contributed by atoms with Crippen molar-refractivity contribution in [3.8, 4) is 0 Å². The number of benzene rings is 1. The average molecular weight is 335 g/mol. The number of amides is 2. The number of nitro groups is 1. The number of non-ortho nitro benzene ring substituents is 1. The monoisotopic (exact) mass is 334 g/mol. The summed E-state index contributed by atoms with van der Waals surface area (Å²) in [6.07, 6.45) is 1.56. The molecule has 1 aromatic heterocycles. The number of hydrogen-bond acceptors (Lipinski definition) is 5. The van der Waals surface area contributed by atoms with Crippen molar-refractivity contribution in [2.24, 2.45) is 0 Å². The maximum Gasteiger partial charge on any atom is 0.313 e. The van der Waals surface area contributed by atoms with Gasteiger partial charge in [0.1, 0.15) is 0 Å². The molecule has 2 rings (SSSR count). The van der Waals surface area contributed by atoms with Crippen molar-refractivity contribution in [2.75, 3.05) is 5.32 Å². The standard InChI is InChI=1S/C14H11ClN4O4/c15-11-5-4-10(19(22)23)7-12(11)18-14(21)13(20)17-8-9-3-1-2-6-16-9/h1-7H,8H2,(H,17,20)(H,18,21). The smallest absolute Gasteiger partial charge is 0.313 e. The van der Waals surface area contributed by atoms with Crippen LogP contribution in [0.1, 0.15) is 5.69 Å². The van der Waals surface area contributed by atoms with Crippen LogP contribution in [0.2, 0.25) is 5.02 Å². The topological polar surface area (TPSA) is 114 Å². The van der Waals surface area contributed by atoms with E-state index in [0.29, 0.717) is 5.69 Å². The summed E-state index contributed by atoms with van der Waals surface area (Å²) in [5, 5.41) is 15.4. The molecule has 0 radical (unpaired) electrons. The van der Waals surface area contributed by atoms with E-state index in [1.54, 1.807) is 24.4 Å². The van der Waals surface area contributed by atoms with Gasteiger partial charge in [0.25, 0.3) is 5.69 Å². The summed E-state index contributed by atoms with van der Waals surface area (Å²) in [4.78, 5) is 37.6. The zero-order valence-corrected chi connectivity index (χ0v) is 12.4. The summed E-state index contributed by atoms with van der Waals surface area (Å²) in [6.45, 7) is 0.0791. The molecule has 0 spiro atoms. The first-order valence-corrected chi connectivity index (χ1v) is 6.78. The van der Waals surface area contributed by atoms with Gasteiger partial charge in [-0.25, -0.2) is 0 Å². The predicted molar refractivity (Wildman–Crippen MR) is 82.8 cm³/mol. The second-order valence-corrected chi connectivity index (χ2v) is 4.79. The van der Waals surface area contributed by atoms with Gasteiger partial charge in [-0.2, -0.15) is 0 Å². The van der Waals surface area contributed by atoms with Gasteiger partial charge in [0, 0.05) is 18.3 Å². The van der Waals surface area contributed by atoms with Gasteiger partial charge < -0.3 is 10.6 Å². The molecule has 0 aliphatic rings. The third-order valence-electron chi connectivity index (χ3n) is 2.77. The SMILES string of the molecule is O=C(NCc1ccccn1)C(=O)Nc1cc([N+](=O)[O-])ccc1Cl. The number of anilines is 1. The first-order chi connectivity index (χ1) is 11.0. The minimum Gasteiger partial charge on any atom is -0.342 e. The second kappa shape index (κ2) is 7.32. The Bertz CT molecular complexity index is 752. The molecule has 8 nitrogen and oxygen atoms in total. The Morgan fingerprint density at radius 3 is 2.65 bits per heavy atom. The molecule has 0 aliphatic carbocycles. The molecule has 0 atom stereocenters. The van der Waals surface area contributed by atoms with E-state index in [0.717, 1.165) is 6.07 Å². The maximum absolute atomic E-state index is 11.8. The third-order valence-corrected chi connectivity index (χ3v) is 3.10. The molecule has 0 saturated heterocycles. The molecule has 23 heavy (non-hydrogen) atoms. The van der Waals surface area contributed by atoms with Crippen molar-refractivity contribution in [3.05, 3.63) is 63.4 Å². The Hall–Kier alpha value is -3.00. The summed E-state index contributed by atoms with van der Waals surface area (Å²) in [5.41, 5.74) is 0.319. The van der Waals surface area contributed by atoms with E-state index in [9.17, 15) is 19.7 Å². The van der Waals surface area contributed by atoms with Crippen molar-refractivity contribution in [1.82, 2.24) is 10.3 Å². The largest absolute Gasteiger partial charge is 0.342 e. The molecular formula is C14H11ClN4O4. The van der Waals surface area contributed by atoms with E-state index >= 15 is 0 Å². The highest BCUT2D eigenvalue weighted by Crippen LogP contribution is 2.26. The second-order valence-electron chi connectivity index (χ2n) is 4.38. The van der Waals surface area contributed by atoms with Gasteiger partial charge in [0.15, 0.2) is 0 Å². The predicted octanol–water partition coefficient (Wildman–Crippen LogP) is 1.90. The van der Waals surface area contributed by atoms with E-state index in [2.05, 4.69) is 15.6 Å². The minimum absolute atomic E-state index is 0.0150. The highest BCUT2D eigenvalue weighted by Gasteiger charge is 2.17. The van der Waals surface area contributed by atoms with Gasteiger partial charge in [-0.05, 0) is 18.2 Å². The number of halogens is 1. The van der Waals surface area contributed by atoms with Gasteiger partial charge >= 0.3 is 11.8 Å². The number of hydrogen-bond donors (Lipinski definition) is 2. The van der Waals surface area contributed by atoms with Crippen molar-refractivity contribution in [3.63, 3.8) is 0 Å². The fourth-order valence-electron chi connectivity index (χ4n) is 1.66. The van der Waals surface area contributed by atoms with E-state index in [4.69, 9.17) is 11.6 Å². The molecule has 2 aromatic rings. The van der Waals surface area contributed by atoms with Crippen LogP contribution in [0, 0.1) is 10.1 Å². The third kappa shape index (κ3) is 4.48. The highest BCUT2D eigenvalue weighted by atomic mass is 35.5. The average Bonchev–Trinajstić information content (AvgIpc) is 2.55. The maximum atomic E-state index is 11.8. The van der Waals surface area contributed by atoms with E-state index in [-0.39, 0.29) is 22.9 Å². The zero-order chi connectivity index (χ0) is 16.8. The van der Waals surface area contributed by atoms with Crippen LogP contribution >= 0.6 is 11.6 Å². The lowest BCUT2D eigenvalue weighted by molar-refractivity contribution is -0.384. The molecule has 0 bridgehead atoms. The number of nitro benzene ring substituents is 1. The van der Waals surface area contributed by atoms with Gasteiger partial charge in [0.05, 0.1) is 27.9 Å². The fourth-order valence-corrected chi connectivity index (χ4v) is 1.82. The van der Waals surface area contributed by atoms with Crippen LogP contribution in [0.25, 0.3) is 0 Å². The molecule has 118 valence electrons. The van der Waals surface area contributed by atoms with Crippen LogP contribution in [0.4, 0.5) is 11.4 Å². The van der Waals surface area contributed by atoms with Crippen LogP contribution < -0.4 is 10.6 Å². The van der Waals surface area contributed by atoms with Gasteiger partial charge in [0.2, 0.25) is 0 Å². The Morgan fingerprint density at radius 2 is 2.00 bits per heavy atom. The van der Waals surface area contributed by atoms with Crippen molar-refractivity contribution < 1.29 is 14.5 Å². The van der Waals surface area contributed by atoms with Gasteiger partial charge in [-0.15, -0.1) is 0 Å². The number of pyridine rings is 1. The Morgan fingerprint density at radius 1 is 1.22 bits per heavy atom. The first kappa shape index (κ1) is 16.4. The lowest BCUT2D eigenvalue weighted by Gasteiger charge is -2.07. The molecule has 0 unspecified atom stereocenters. The summed E-state index contributed by atoms with van der Waals surface area (Å²) in [6, 6.07) is 8.70. The van der Waals surface area contributed by atoms with E-state index < -0.39 is 16.7 Å². The Balaban J connectivity index is 1.99. The molecule has 0 aliphatic heterocycles. The van der Waals surface area contributed by atoms with E-state index in [1.807, 2.05) is 0 Å². The van der Waals surface area contributed by atoms with Crippen LogP contribution in [0.15, 0.2) is 42.6 Å². The number of aromatic nitrogens is 1. The van der Waals surface area contributed by atoms with Crippen molar-refractivity contribution in [1.29, 1.82) is 0 Å². The van der Waals surface area contributed by atoms with Crippen LogP contribution in [-0.4, -0.2) is 21.7 Å². The fraction of sp³-hybridized carbons (Fsp3) is 0.0714. The quantitative estimate of drug-likeness (QED) is 0.503. The van der Waals surface area contributed by atoms with Gasteiger partial charge in [-0.1, -0.05) is 17.7 Å². The molecule has 2 N–H and O–H groups in total. The van der Waals surface area contributed by atoms with Crippen molar-refractivity contribution in [2.45, 2.75) is 6.54 Å². The number of nitrogens with one attached hydrogen (secondary N) is 2. The summed E-state index contributed by atoms with van der Waals surface area (Å²) in [5.74, 6) is -1.89. The Labute approximate surface area is 135 Å². The van der Waals surface area contributed by atoms with Crippen LogP contribution in [0.3, 0.4) is 0 Å². The molecule has 1 heterocycles. The van der Waals surface area contributed by atoms with Crippen molar-refractivity contribution >= 4 is 34.8 Å². The minimum atomic E-state index is -0.983. The van der Waals surface area contributed by atoms with Crippen LogP contribution in [0.5, 0.6) is 0 Å². The molecule has 0 saturated carbocycles. The van der Waals surface area contributed by atoms with Crippen LogP contribution in [-0.2, 0) is 16.1 Å². The first-order valence-electron chi connectivity index (χ1n) is 6.40. The summed E-state index contributed by atoms with van der Waals surface area (Å²) >= 11 is 5.84. The molecular weight excluding hydrogens is 324 g/mol. The normalized spacial score (nSPS) is 9.96. The summed E-state index contributed by atoms with van der Waals surface area (Å²) < 4.78 is 0. The number of rotatable bonds is 4. The van der Waals surface area contributed by atoms with E-state index in [1.165, 1.54) is 12.1 Å². The molecule has 2 amide bonds. The number of nitrogens with zero attached hydrogens (tertiary/aromatic N) is 2. The lowest BCUT2D eigenvalue weighted by Crippen LogP contribution is -2.35.